The normalized spacial score (nSPS) is 26.1. The van der Waals surface area contributed by atoms with Gasteiger partial charge >= 0.3 is 0 Å². The van der Waals surface area contributed by atoms with E-state index in [0.717, 1.165) is 19.3 Å². The summed E-state index contributed by atoms with van der Waals surface area (Å²) in [4.78, 5) is 0. The summed E-state index contributed by atoms with van der Waals surface area (Å²) >= 11 is 0. The van der Waals surface area contributed by atoms with Crippen molar-refractivity contribution >= 4 is 0 Å². The highest BCUT2D eigenvalue weighted by Crippen LogP contribution is 2.20. The van der Waals surface area contributed by atoms with Gasteiger partial charge in [0.25, 0.3) is 0 Å². The summed E-state index contributed by atoms with van der Waals surface area (Å²) in [7, 11) is 0. The van der Waals surface area contributed by atoms with Gasteiger partial charge in [0.2, 0.25) is 0 Å². The quantitative estimate of drug-likeness (QED) is 0.665. The third-order valence-electron chi connectivity index (χ3n) is 2.87. The van der Waals surface area contributed by atoms with Crippen molar-refractivity contribution < 1.29 is 9.47 Å². The van der Waals surface area contributed by atoms with E-state index in [1.54, 1.807) is 6.26 Å². The number of allylic oxidation sites excluding steroid dienone is 2. The van der Waals surface area contributed by atoms with Gasteiger partial charge in [0.1, 0.15) is 5.60 Å². The van der Waals surface area contributed by atoms with Gasteiger partial charge in [0.05, 0.1) is 18.6 Å². The molecule has 16 heavy (non-hydrogen) atoms. The first kappa shape index (κ1) is 13.1. The second-order valence-corrected chi connectivity index (χ2v) is 4.90. The van der Waals surface area contributed by atoms with Crippen molar-refractivity contribution in [1.82, 2.24) is 0 Å². The molecule has 0 radical (unpaired) electrons. The van der Waals surface area contributed by atoms with Crippen molar-refractivity contribution in [1.29, 1.82) is 0 Å². The second kappa shape index (κ2) is 6.62. The van der Waals surface area contributed by atoms with Crippen LogP contribution in [0.2, 0.25) is 0 Å². The molecule has 0 aliphatic carbocycles. The Labute approximate surface area is 99.3 Å². The summed E-state index contributed by atoms with van der Waals surface area (Å²) in [5.41, 5.74) is 0.0920. The molecule has 2 aliphatic heterocycles. The SMILES string of the molecule is CC1(C)CCC=CO1.CCC1CCC=CO1. The Balaban J connectivity index is 0.000000160. The third-order valence-corrected chi connectivity index (χ3v) is 2.87. The number of ether oxygens (including phenoxy) is 2. The Morgan fingerprint density at radius 2 is 1.94 bits per heavy atom. The van der Waals surface area contributed by atoms with Crippen LogP contribution in [0.4, 0.5) is 0 Å². The molecule has 92 valence electrons. The lowest BCUT2D eigenvalue weighted by atomic mass is 10.0. The Morgan fingerprint density at radius 3 is 2.25 bits per heavy atom. The standard InChI is InChI=1S/2C7H12O/c1-7(2)5-3-4-6-8-7;1-2-7-5-3-4-6-8-7/h4,6H,3,5H2,1-2H3;4,6-7H,2-3,5H2,1H3. The lowest BCUT2D eigenvalue weighted by Gasteiger charge is -2.26. The Morgan fingerprint density at radius 1 is 1.19 bits per heavy atom. The van der Waals surface area contributed by atoms with Crippen molar-refractivity contribution in [2.45, 2.75) is 64.6 Å². The highest BCUT2D eigenvalue weighted by molar-refractivity contribution is 4.86. The molecular formula is C14H24O2. The molecule has 0 saturated heterocycles. The molecule has 0 spiro atoms. The van der Waals surface area contributed by atoms with Gasteiger partial charge in [-0.1, -0.05) is 6.92 Å². The zero-order chi connectivity index (χ0) is 11.9. The van der Waals surface area contributed by atoms with Gasteiger partial charge in [-0.3, -0.25) is 0 Å². The maximum atomic E-state index is 5.28. The first-order chi connectivity index (χ1) is 7.64. The maximum absolute atomic E-state index is 5.28. The molecule has 2 aliphatic rings. The Hall–Kier alpha value is -0.920. The molecule has 0 bridgehead atoms. The van der Waals surface area contributed by atoms with Crippen LogP contribution in [0.5, 0.6) is 0 Å². The highest BCUT2D eigenvalue weighted by atomic mass is 16.5. The molecule has 2 rings (SSSR count). The fourth-order valence-corrected chi connectivity index (χ4v) is 1.68. The fraction of sp³-hybridized carbons (Fsp3) is 0.714. The van der Waals surface area contributed by atoms with Crippen LogP contribution < -0.4 is 0 Å². The van der Waals surface area contributed by atoms with Crippen molar-refractivity contribution in [2.24, 2.45) is 0 Å². The van der Waals surface area contributed by atoms with E-state index in [0.29, 0.717) is 6.10 Å². The summed E-state index contributed by atoms with van der Waals surface area (Å²) in [6.45, 7) is 6.37. The fourth-order valence-electron chi connectivity index (χ4n) is 1.68. The first-order valence-electron chi connectivity index (χ1n) is 6.27. The zero-order valence-electron chi connectivity index (χ0n) is 10.7. The van der Waals surface area contributed by atoms with Gasteiger partial charge in [-0.25, -0.2) is 0 Å². The molecule has 0 N–H and O–H groups in total. The number of rotatable bonds is 1. The summed E-state index contributed by atoms with van der Waals surface area (Å²) in [6.07, 6.45) is 14.1. The minimum Gasteiger partial charge on any atom is -0.498 e. The zero-order valence-corrected chi connectivity index (χ0v) is 10.7. The van der Waals surface area contributed by atoms with E-state index in [9.17, 15) is 0 Å². The van der Waals surface area contributed by atoms with Crippen LogP contribution in [0.25, 0.3) is 0 Å². The lowest BCUT2D eigenvalue weighted by molar-refractivity contribution is 0.0396. The Kier molecular flexibility index (Phi) is 5.44. The van der Waals surface area contributed by atoms with E-state index in [4.69, 9.17) is 9.47 Å². The molecule has 2 heterocycles. The van der Waals surface area contributed by atoms with E-state index < -0.39 is 0 Å². The van der Waals surface area contributed by atoms with E-state index in [2.05, 4.69) is 32.9 Å². The van der Waals surface area contributed by atoms with Gasteiger partial charge in [-0.05, 0) is 58.1 Å². The molecule has 0 fully saturated rings. The summed E-state index contributed by atoms with van der Waals surface area (Å²) < 4.78 is 10.5. The minimum atomic E-state index is 0.0920. The van der Waals surface area contributed by atoms with Gasteiger partial charge in [0.15, 0.2) is 0 Å². The molecule has 2 heteroatoms. The van der Waals surface area contributed by atoms with Crippen molar-refractivity contribution in [2.75, 3.05) is 0 Å². The molecule has 0 aromatic heterocycles. The highest BCUT2D eigenvalue weighted by Gasteiger charge is 2.18. The average Bonchev–Trinajstić information content (AvgIpc) is 2.31. The molecule has 0 saturated carbocycles. The van der Waals surface area contributed by atoms with E-state index in [1.165, 1.54) is 12.8 Å². The topological polar surface area (TPSA) is 18.5 Å². The van der Waals surface area contributed by atoms with E-state index >= 15 is 0 Å². The van der Waals surface area contributed by atoms with Crippen LogP contribution in [-0.4, -0.2) is 11.7 Å². The predicted octanol–water partition coefficient (Wildman–Crippen LogP) is 4.18. The van der Waals surface area contributed by atoms with Crippen LogP contribution in [0.1, 0.15) is 52.9 Å². The predicted molar refractivity (Wildman–Crippen MR) is 67.1 cm³/mol. The number of hydrogen-bond donors (Lipinski definition) is 0. The Bertz CT molecular complexity index is 241. The third kappa shape index (κ3) is 5.24. The van der Waals surface area contributed by atoms with Gasteiger partial charge in [-0.2, -0.15) is 0 Å². The molecule has 0 amide bonds. The first-order valence-corrected chi connectivity index (χ1v) is 6.27. The van der Waals surface area contributed by atoms with Crippen molar-refractivity contribution in [3.63, 3.8) is 0 Å². The van der Waals surface area contributed by atoms with Crippen LogP contribution in [0.3, 0.4) is 0 Å². The smallest absolute Gasteiger partial charge is 0.103 e. The monoisotopic (exact) mass is 224 g/mol. The molecule has 1 atom stereocenters. The van der Waals surface area contributed by atoms with Gasteiger partial charge < -0.3 is 9.47 Å². The van der Waals surface area contributed by atoms with Crippen molar-refractivity contribution in [3.05, 3.63) is 24.7 Å². The van der Waals surface area contributed by atoms with E-state index in [-0.39, 0.29) is 5.60 Å². The molecule has 2 nitrogen and oxygen atoms in total. The summed E-state index contributed by atoms with van der Waals surface area (Å²) in [5, 5.41) is 0. The average molecular weight is 224 g/mol. The van der Waals surface area contributed by atoms with E-state index in [1.807, 2.05) is 6.26 Å². The largest absolute Gasteiger partial charge is 0.498 e. The number of hydrogen-bond acceptors (Lipinski definition) is 2. The van der Waals surface area contributed by atoms with Crippen LogP contribution in [0, 0.1) is 0 Å². The van der Waals surface area contributed by atoms with Crippen LogP contribution in [0.15, 0.2) is 24.7 Å². The lowest BCUT2D eigenvalue weighted by Crippen LogP contribution is -2.23. The van der Waals surface area contributed by atoms with Crippen molar-refractivity contribution in [3.8, 4) is 0 Å². The molecule has 0 aromatic carbocycles. The summed E-state index contributed by atoms with van der Waals surface area (Å²) in [5.74, 6) is 0. The summed E-state index contributed by atoms with van der Waals surface area (Å²) in [6, 6.07) is 0. The maximum Gasteiger partial charge on any atom is 0.103 e. The molecule has 1 unspecified atom stereocenters. The van der Waals surface area contributed by atoms with Gasteiger partial charge in [-0.15, -0.1) is 0 Å². The second-order valence-electron chi connectivity index (χ2n) is 4.90. The molecular weight excluding hydrogens is 200 g/mol. The van der Waals surface area contributed by atoms with Gasteiger partial charge in [0, 0.05) is 0 Å². The van der Waals surface area contributed by atoms with Crippen LogP contribution >= 0.6 is 0 Å². The van der Waals surface area contributed by atoms with Crippen LogP contribution in [-0.2, 0) is 9.47 Å². The minimum absolute atomic E-state index is 0.0920. The molecule has 0 aromatic rings.